The molecule has 0 saturated heterocycles. The van der Waals surface area contributed by atoms with Crippen LogP contribution in [-0.4, -0.2) is 12.8 Å². The average molecular weight is 355 g/mol. The zero-order valence-electron chi connectivity index (χ0n) is 18.1. The first kappa shape index (κ1) is 22.2. The van der Waals surface area contributed by atoms with Gasteiger partial charge in [0, 0.05) is 5.70 Å². The molecular formula is C24H38N2. The smallest absolute Gasteiger partial charge is 0.0632 e. The normalized spacial score (nSPS) is 17.8. The van der Waals surface area contributed by atoms with E-state index in [2.05, 4.69) is 83.8 Å². The van der Waals surface area contributed by atoms with Gasteiger partial charge in [-0.2, -0.15) is 0 Å². The Morgan fingerprint density at radius 3 is 2.31 bits per heavy atom. The van der Waals surface area contributed by atoms with Crippen LogP contribution < -0.4 is 5.73 Å². The van der Waals surface area contributed by atoms with Gasteiger partial charge in [-0.3, -0.25) is 4.99 Å². The van der Waals surface area contributed by atoms with Crippen molar-refractivity contribution in [2.45, 2.75) is 68.2 Å². The number of nitrogens with zero attached hydrogens (tertiary/aromatic N) is 1. The Morgan fingerprint density at radius 1 is 1.15 bits per heavy atom. The lowest BCUT2D eigenvalue weighted by atomic mass is 9.77. The molecule has 0 radical (unpaired) electrons. The van der Waals surface area contributed by atoms with Gasteiger partial charge in [-0.25, -0.2) is 0 Å². The molecule has 0 aromatic carbocycles. The number of allylic oxidation sites excluding steroid dienone is 7. The molecular weight excluding hydrogens is 316 g/mol. The van der Waals surface area contributed by atoms with Crippen molar-refractivity contribution in [1.82, 2.24) is 0 Å². The molecule has 1 aliphatic carbocycles. The fourth-order valence-electron chi connectivity index (χ4n) is 3.09. The molecule has 0 spiro atoms. The van der Waals surface area contributed by atoms with Crippen molar-refractivity contribution < 1.29 is 0 Å². The van der Waals surface area contributed by atoms with Crippen molar-refractivity contribution in [3.8, 4) is 0 Å². The van der Waals surface area contributed by atoms with Crippen LogP contribution >= 0.6 is 0 Å². The monoisotopic (exact) mass is 354 g/mol. The topological polar surface area (TPSA) is 38.4 Å². The summed E-state index contributed by atoms with van der Waals surface area (Å²) in [5.74, 6) is 0. The zero-order valence-corrected chi connectivity index (χ0v) is 18.1. The quantitative estimate of drug-likeness (QED) is 0.442. The van der Waals surface area contributed by atoms with Gasteiger partial charge >= 0.3 is 0 Å². The first-order valence-electron chi connectivity index (χ1n) is 9.74. The maximum absolute atomic E-state index is 6.65. The highest BCUT2D eigenvalue weighted by atomic mass is 14.7. The van der Waals surface area contributed by atoms with E-state index in [-0.39, 0.29) is 10.8 Å². The first-order valence-corrected chi connectivity index (χ1v) is 9.74. The largest absolute Gasteiger partial charge is 0.398 e. The third-order valence-electron chi connectivity index (χ3n) is 4.59. The molecule has 0 aromatic heterocycles. The van der Waals surface area contributed by atoms with E-state index in [0.29, 0.717) is 0 Å². The maximum atomic E-state index is 6.65. The van der Waals surface area contributed by atoms with Crippen molar-refractivity contribution >= 4 is 6.21 Å². The molecule has 0 unspecified atom stereocenters. The van der Waals surface area contributed by atoms with Crippen LogP contribution in [0.15, 0.2) is 63.4 Å². The zero-order chi connectivity index (χ0) is 20.0. The van der Waals surface area contributed by atoms with E-state index in [1.54, 1.807) is 0 Å². The summed E-state index contributed by atoms with van der Waals surface area (Å²) in [4.78, 5) is 4.38. The van der Waals surface area contributed by atoms with Crippen molar-refractivity contribution in [1.29, 1.82) is 0 Å². The molecule has 2 heteroatoms. The van der Waals surface area contributed by atoms with Gasteiger partial charge in [0.05, 0.1) is 6.54 Å². The molecule has 0 heterocycles. The molecule has 0 atom stereocenters. The minimum absolute atomic E-state index is 0.00639. The molecule has 0 bridgehead atoms. The SMILES string of the molecule is CC=NCC(=C\CC)/C=C/C1=CCC(C(C)(C)C)=C(N)C(C(C)(C)C)=C1. The van der Waals surface area contributed by atoms with Crippen LogP contribution in [0.4, 0.5) is 0 Å². The highest BCUT2D eigenvalue weighted by Gasteiger charge is 2.27. The lowest BCUT2D eigenvalue weighted by molar-refractivity contribution is 0.473. The third kappa shape index (κ3) is 6.48. The van der Waals surface area contributed by atoms with Crippen LogP contribution in [0.3, 0.4) is 0 Å². The first-order chi connectivity index (χ1) is 12.0. The van der Waals surface area contributed by atoms with E-state index >= 15 is 0 Å². The molecule has 0 saturated carbocycles. The standard InChI is InChI=1S/C24H38N2/c1-9-11-19(17-26-10-2)13-12-18-14-15-20(23(3,4)5)22(25)21(16-18)24(6,7)8/h10-14,16H,9,15,17,25H2,1-8H3/b13-12+,19-11-,26-10?. The van der Waals surface area contributed by atoms with Gasteiger partial charge < -0.3 is 5.73 Å². The lowest BCUT2D eigenvalue weighted by Crippen LogP contribution is -2.22. The van der Waals surface area contributed by atoms with E-state index in [4.69, 9.17) is 5.73 Å². The molecule has 144 valence electrons. The van der Waals surface area contributed by atoms with Gasteiger partial charge in [-0.15, -0.1) is 0 Å². The maximum Gasteiger partial charge on any atom is 0.0632 e. The van der Waals surface area contributed by atoms with Crippen LogP contribution in [-0.2, 0) is 0 Å². The van der Waals surface area contributed by atoms with Crippen molar-refractivity contribution in [2.24, 2.45) is 21.6 Å². The molecule has 0 aromatic rings. The summed E-state index contributed by atoms with van der Waals surface area (Å²) in [5.41, 5.74) is 12.7. The average Bonchev–Trinajstić information content (AvgIpc) is 2.68. The van der Waals surface area contributed by atoms with Gasteiger partial charge in [-0.05, 0) is 65.2 Å². The number of hydrogen-bond donors (Lipinski definition) is 1. The van der Waals surface area contributed by atoms with Gasteiger partial charge in [-0.1, -0.05) is 72.8 Å². The van der Waals surface area contributed by atoms with E-state index in [1.165, 1.54) is 22.3 Å². The fourth-order valence-corrected chi connectivity index (χ4v) is 3.09. The Labute approximate surface area is 161 Å². The highest BCUT2D eigenvalue weighted by molar-refractivity contribution is 5.54. The van der Waals surface area contributed by atoms with Crippen LogP contribution in [0.5, 0.6) is 0 Å². The van der Waals surface area contributed by atoms with Crippen LogP contribution in [0.2, 0.25) is 0 Å². The molecule has 0 amide bonds. The number of hydrogen-bond acceptors (Lipinski definition) is 2. The second-order valence-electron chi connectivity index (χ2n) is 8.98. The summed E-state index contributed by atoms with van der Waals surface area (Å²) in [5, 5.41) is 0. The van der Waals surface area contributed by atoms with Crippen molar-refractivity contribution in [3.05, 3.63) is 58.4 Å². The Morgan fingerprint density at radius 2 is 1.81 bits per heavy atom. The Balaban J connectivity index is 3.30. The molecule has 2 nitrogen and oxygen atoms in total. The van der Waals surface area contributed by atoms with Crippen LogP contribution in [0, 0.1) is 10.8 Å². The summed E-state index contributed by atoms with van der Waals surface area (Å²) in [6, 6.07) is 0. The summed E-state index contributed by atoms with van der Waals surface area (Å²) in [7, 11) is 0. The molecule has 1 aliphatic rings. The Kier molecular flexibility index (Phi) is 7.87. The second-order valence-corrected chi connectivity index (χ2v) is 8.98. The Hall–Kier alpha value is -1.83. The highest BCUT2D eigenvalue weighted by Crippen LogP contribution is 2.40. The lowest BCUT2D eigenvalue weighted by Gasteiger charge is -2.29. The van der Waals surface area contributed by atoms with Crippen LogP contribution in [0.25, 0.3) is 0 Å². The summed E-state index contributed by atoms with van der Waals surface area (Å²) < 4.78 is 0. The predicted molar refractivity (Wildman–Crippen MR) is 117 cm³/mol. The predicted octanol–water partition coefficient (Wildman–Crippen LogP) is 6.53. The molecule has 26 heavy (non-hydrogen) atoms. The van der Waals surface area contributed by atoms with Gasteiger partial charge in [0.25, 0.3) is 0 Å². The number of nitrogens with two attached hydrogens (primary N) is 1. The molecule has 0 fully saturated rings. The third-order valence-corrected chi connectivity index (χ3v) is 4.59. The van der Waals surface area contributed by atoms with E-state index in [1.807, 2.05) is 13.1 Å². The van der Waals surface area contributed by atoms with Gasteiger partial charge in [0.1, 0.15) is 0 Å². The summed E-state index contributed by atoms with van der Waals surface area (Å²) in [6.45, 7) is 18.3. The fraction of sp³-hybridized carbons (Fsp3) is 0.542. The van der Waals surface area contributed by atoms with Crippen molar-refractivity contribution in [2.75, 3.05) is 6.54 Å². The number of aliphatic imine (C=N–C) groups is 1. The van der Waals surface area contributed by atoms with Gasteiger partial charge in [0.2, 0.25) is 0 Å². The molecule has 1 rings (SSSR count). The minimum atomic E-state index is 0.00639. The van der Waals surface area contributed by atoms with E-state index in [0.717, 1.165) is 25.1 Å². The van der Waals surface area contributed by atoms with E-state index in [9.17, 15) is 0 Å². The van der Waals surface area contributed by atoms with E-state index < -0.39 is 0 Å². The summed E-state index contributed by atoms with van der Waals surface area (Å²) in [6.07, 6.45) is 15.0. The van der Waals surface area contributed by atoms with Crippen LogP contribution in [0.1, 0.15) is 68.2 Å². The summed E-state index contributed by atoms with van der Waals surface area (Å²) >= 11 is 0. The molecule has 2 N–H and O–H groups in total. The van der Waals surface area contributed by atoms with Crippen molar-refractivity contribution in [3.63, 3.8) is 0 Å². The molecule has 0 aliphatic heterocycles. The Bertz CT molecular complexity index is 666. The second kappa shape index (κ2) is 9.21. The number of rotatable bonds is 5. The van der Waals surface area contributed by atoms with Gasteiger partial charge in [0.15, 0.2) is 0 Å². The minimum Gasteiger partial charge on any atom is -0.398 e.